The average molecular weight is 368 g/mol. The molecule has 1 saturated heterocycles. The summed E-state index contributed by atoms with van der Waals surface area (Å²) in [5.74, 6) is -0.830. The topological polar surface area (TPSA) is 86.7 Å². The van der Waals surface area contributed by atoms with Gasteiger partial charge in [-0.15, -0.1) is 0 Å². The summed E-state index contributed by atoms with van der Waals surface area (Å²) in [7, 11) is 0. The summed E-state index contributed by atoms with van der Waals surface area (Å²) in [6.45, 7) is 1.52. The summed E-state index contributed by atoms with van der Waals surface area (Å²) in [5, 5.41) is 11.5. The minimum Gasteiger partial charge on any atom is -0.508 e. The number of amides is 3. The number of carbonyl (C=O) groups excluding carboxylic acids is 3. The molecule has 0 bridgehead atoms. The van der Waals surface area contributed by atoms with Gasteiger partial charge in [0.1, 0.15) is 12.3 Å². The van der Waals surface area contributed by atoms with Crippen molar-refractivity contribution in [3.8, 4) is 5.75 Å². The normalized spacial score (nSPS) is 15.6. The summed E-state index contributed by atoms with van der Waals surface area (Å²) in [5.41, 5.74) is 2.21. The van der Waals surface area contributed by atoms with Crippen molar-refractivity contribution in [3.63, 3.8) is 0 Å². The van der Waals surface area contributed by atoms with Crippen LogP contribution in [0.4, 0.5) is 10.5 Å². The van der Waals surface area contributed by atoms with Crippen molar-refractivity contribution in [2.75, 3.05) is 11.9 Å². The van der Waals surface area contributed by atoms with Crippen LogP contribution in [-0.2, 0) is 9.59 Å². The number of hydrogen-bond acceptors (Lipinski definition) is 5. The van der Waals surface area contributed by atoms with Crippen LogP contribution in [0.5, 0.6) is 5.75 Å². The summed E-state index contributed by atoms with van der Waals surface area (Å²) < 4.78 is 0. The van der Waals surface area contributed by atoms with Crippen molar-refractivity contribution < 1.29 is 19.5 Å². The Hall–Kier alpha value is -3.06. The molecule has 0 spiro atoms. The highest BCUT2D eigenvalue weighted by Gasteiger charge is 2.36. The zero-order valence-corrected chi connectivity index (χ0v) is 14.7. The quantitative estimate of drug-likeness (QED) is 0.808. The molecule has 26 heavy (non-hydrogen) atoms. The molecule has 1 heterocycles. The van der Waals surface area contributed by atoms with Crippen LogP contribution in [0.15, 0.2) is 53.4 Å². The number of carbonyl (C=O) groups is 3. The van der Waals surface area contributed by atoms with E-state index < -0.39 is 17.1 Å². The Morgan fingerprint density at radius 1 is 1.15 bits per heavy atom. The number of nitrogens with one attached hydrogen (secondary N) is 1. The molecule has 0 unspecified atom stereocenters. The first kappa shape index (κ1) is 17.8. The molecular formula is C19H16N2O4S. The van der Waals surface area contributed by atoms with E-state index in [0.717, 1.165) is 22.2 Å². The monoisotopic (exact) mass is 368 g/mol. The van der Waals surface area contributed by atoms with E-state index in [1.165, 1.54) is 12.1 Å². The molecule has 2 aromatic rings. The number of thioether (sulfide) groups is 1. The van der Waals surface area contributed by atoms with E-state index in [2.05, 4.69) is 5.32 Å². The molecule has 1 aliphatic heterocycles. The highest BCUT2D eigenvalue weighted by molar-refractivity contribution is 8.18. The minimum absolute atomic E-state index is 0.114. The fraction of sp³-hybridized carbons (Fsp3) is 0.105. The first-order chi connectivity index (χ1) is 12.4. The van der Waals surface area contributed by atoms with Gasteiger partial charge in [0.15, 0.2) is 0 Å². The second-order valence-corrected chi connectivity index (χ2v) is 6.72. The van der Waals surface area contributed by atoms with Gasteiger partial charge in [-0.2, -0.15) is 0 Å². The highest BCUT2D eigenvalue weighted by Crippen LogP contribution is 2.32. The van der Waals surface area contributed by atoms with Gasteiger partial charge >= 0.3 is 0 Å². The van der Waals surface area contributed by atoms with Crippen molar-refractivity contribution >= 4 is 40.6 Å². The molecule has 0 aromatic heterocycles. The third-order valence-corrected chi connectivity index (χ3v) is 4.69. The predicted octanol–water partition coefficient (Wildman–Crippen LogP) is 3.38. The number of hydrogen-bond donors (Lipinski definition) is 2. The molecule has 7 heteroatoms. The summed E-state index contributed by atoms with van der Waals surface area (Å²) in [6.07, 6.45) is 1.56. The van der Waals surface area contributed by atoms with Crippen LogP contribution in [0.3, 0.4) is 0 Å². The SMILES string of the molecule is Cc1ccccc1NC(=O)CN1C(=O)S/C(=C\c2ccc(O)cc2)C1=O. The van der Waals surface area contributed by atoms with Gasteiger partial charge in [0.25, 0.3) is 11.1 Å². The lowest BCUT2D eigenvalue weighted by atomic mass is 10.2. The van der Waals surface area contributed by atoms with Crippen LogP contribution in [-0.4, -0.2) is 33.6 Å². The second-order valence-electron chi connectivity index (χ2n) is 5.72. The van der Waals surface area contributed by atoms with Crippen LogP contribution >= 0.6 is 11.8 Å². The van der Waals surface area contributed by atoms with Crippen LogP contribution in [0.2, 0.25) is 0 Å². The van der Waals surface area contributed by atoms with Crippen molar-refractivity contribution in [1.29, 1.82) is 0 Å². The number of anilines is 1. The van der Waals surface area contributed by atoms with Crippen LogP contribution in [0, 0.1) is 6.92 Å². The maximum Gasteiger partial charge on any atom is 0.294 e. The summed E-state index contributed by atoms with van der Waals surface area (Å²) in [6, 6.07) is 13.5. The number of benzene rings is 2. The smallest absolute Gasteiger partial charge is 0.294 e. The lowest BCUT2D eigenvalue weighted by Crippen LogP contribution is -2.36. The van der Waals surface area contributed by atoms with Crippen molar-refractivity contribution in [3.05, 3.63) is 64.6 Å². The fourth-order valence-corrected chi connectivity index (χ4v) is 3.24. The minimum atomic E-state index is -0.506. The van der Waals surface area contributed by atoms with Gasteiger partial charge in [0.2, 0.25) is 5.91 Å². The van der Waals surface area contributed by atoms with E-state index in [1.54, 1.807) is 30.3 Å². The maximum atomic E-state index is 12.4. The van der Waals surface area contributed by atoms with Crippen LogP contribution in [0.1, 0.15) is 11.1 Å². The van der Waals surface area contributed by atoms with E-state index in [9.17, 15) is 19.5 Å². The standard InChI is InChI=1S/C19H16N2O4S/c1-12-4-2-3-5-15(12)20-17(23)11-21-18(24)16(26-19(21)25)10-13-6-8-14(22)9-7-13/h2-10,22H,11H2,1H3,(H,20,23)/b16-10-. The van der Waals surface area contributed by atoms with Crippen molar-refractivity contribution in [1.82, 2.24) is 4.90 Å². The Labute approximate surface area is 154 Å². The number of phenols is 1. The number of nitrogens with zero attached hydrogens (tertiary/aromatic N) is 1. The van der Waals surface area contributed by atoms with Crippen LogP contribution in [0.25, 0.3) is 6.08 Å². The molecular weight excluding hydrogens is 352 g/mol. The van der Waals surface area contributed by atoms with Gasteiger partial charge < -0.3 is 10.4 Å². The van der Waals surface area contributed by atoms with Gasteiger partial charge in [-0.25, -0.2) is 0 Å². The zero-order chi connectivity index (χ0) is 18.7. The van der Waals surface area contributed by atoms with E-state index in [-0.39, 0.29) is 17.2 Å². The Kier molecular flexibility index (Phi) is 5.09. The number of phenolic OH excluding ortho intramolecular Hbond substituents is 1. The number of imide groups is 1. The molecule has 0 radical (unpaired) electrons. The van der Waals surface area contributed by atoms with Crippen LogP contribution < -0.4 is 5.32 Å². The first-order valence-corrected chi connectivity index (χ1v) is 8.65. The fourth-order valence-electron chi connectivity index (χ4n) is 2.40. The highest BCUT2D eigenvalue weighted by atomic mass is 32.2. The third-order valence-electron chi connectivity index (χ3n) is 3.79. The molecule has 2 N–H and O–H groups in total. The average Bonchev–Trinajstić information content (AvgIpc) is 2.86. The van der Waals surface area contributed by atoms with Gasteiger partial charge in [0, 0.05) is 5.69 Å². The molecule has 6 nitrogen and oxygen atoms in total. The van der Waals surface area contributed by atoms with Gasteiger partial charge in [0.05, 0.1) is 4.91 Å². The van der Waals surface area contributed by atoms with E-state index >= 15 is 0 Å². The maximum absolute atomic E-state index is 12.4. The molecule has 2 aromatic carbocycles. The van der Waals surface area contributed by atoms with Gasteiger partial charge in [-0.1, -0.05) is 30.3 Å². The summed E-state index contributed by atoms with van der Waals surface area (Å²) >= 11 is 0.788. The molecule has 132 valence electrons. The lowest BCUT2D eigenvalue weighted by Gasteiger charge is -2.13. The van der Waals surface area contributed by atoms with Gasteiger partial charge in [-0.05, 0) is 54.1 Å². The van der Waals surface area contributed by atoms with Gasteiger partial charge in [-0.3, -0.25) is 19.3 Å². The Balaban J connectivity index is 1.70. The Morgan fingerprint density at radius 3 is 2.54 bits per heavy atom. The predicted molar refractivity (Wildman–Crippen MR) is 101 cm³/mol. The number of aryl methyl sites for hydroxylation is 1. The van der Waals surface area contributed by atoms with E-state index in [4.69, 9.17) is 0 Å². The van der Waals surface area contributed by atoms with E-state index in [1.807, 2.05) is 19.1 Å². The molecule has 0 aliphatic carbocycles. The van der Waals surface area contributed by atoms with Crippen molar-refractivity contribution in [2.45, 2.75) is 6.92 Å². The lowest BCUT2D eigenvalue weighted by molar-refractivity contribution is -0.127. The van der Waals surface area contributed by atoms with E-state index in [0.29, 0.717) is 11.3 Å². The molecule has 0 saturated carbocycles. The molecule has 0 atom stereocenters. The summed E-state index contributed by atoms with van der Waals surface area (Å²) in [4.78, 5) is 37.9. The number of para-hydroxylation sites is 1. The molecule has 3 rings (SSSR count). The Bertz CT molecular complexity index is 906. The number of aromatic hydroxyl groups is 1. The zero-order valence-electron chi connectivity index (χ0n) is 13.9. The first-order valence-electron chi connectivity index (χ1n) is 7.84. The largest absolute Gasteiger partial charge is 0.508 e. The Morgan fingerprint density at radius 2 is 1.85 bits per heavy atom. The number of rotatable bonds is 4. The van der Waals surface area contributed by atoms with Crippen molar-refractivity contribution in [2.24, 2.45) is 0 Å². The molecule has 3 amide bonds. The molecule has 1 fully saturated rings. The third kappa shape index (κ3) is 3.94. The molecule has 1 aliphatic rings. The second kappa shape index (κ2) is 7.45.